The van der Waals surface area contributed by atoms with Crippen LogP contribution in [0.25, 0.3) is 0 Å². The summed E-state index contributed by atoms with van der Waals surface area (Å²) in [6.07, 6.45) is 3.19. The second-order valence-electron chi connectivity index (χ2n) is 7.13. The standard InChI is InChI=1S/C18H22N4O6/c1-11-5-3-4-8-18(11)16(24)21(17(25)20-18)10-15(23)19-13-7-6-12(28-2)9-14(13)22(26)27/h6-7,9,11H,3-5,8,10H2,1-2H3,(H,19,23)(H,20,25). The van der Waals surface area contributed by atoms with E-state index in [4.69, 9.17) is 4.74 Å². The van der Waals surface area contributed by atoms with Crippen LogP contribution in [0.4, 0.5) is 16.2 Å². The third-order valence-electron chi connectivity index (χ3n) is 5.48. The lowest BCUT2D eigenvalue weighted by molar-refractivity contribution is -0.384. The molecule has 10 heteroatoms. The van der Waals surface area contributed by atoms with E-state index in [0.717, 1.165) is 24.2 Å². The minimum atomic E-state index is -0.957. The molecule has 1 saturated heterocycles. The van der Waals surface area contributed by atoms with Gasteiger partial charge >= 0.3 is 6.03 Å². The first-order valence-corrected chi connectivity index (χ1v) is 9.05. The van der Waals surface area contributed by atoms with Gasteiger partial charge in [-0.25, -0.2) is 4.79 Å². The number of methoxy groups -OCH3 is 1. The number of nitrogens with zero attached hydrogens (tertiary/aromatic N) is 2. The minimum absolute atomic E-state index is 0.0200. The van der Waals surface area contributed by atoms with Crippen LogP contribution in [0.5, 0.6) is 5.75 Å². The molecule has 2 aliphatic rings. The Kier molecular flexibility index (Phi) is 5.21. The quantitative estimate of drug-likeness (QED) is 0.449. The van der Waals surface area contributed by atoms with Gasteiger partial charge in [-0.3, -0.25) is 24.6 Å². The van der Waals surface area contributed by atoms with Crippen molar-refractivity contribution in [2.75, 3.05) is 19.0 Å². The number of nitro benzene ring substituents is 1. The number of ether oxygens (including phenoxy) is 1. The maximum Gasteiger partial charge on any atom is 0.325 e. The van der Waals surface area contributed by atoms with E-state index in [9.17, 15) is 24.5 Å². The number of benzene rings is 1. The maximum atomic E-state index is 12.9. The Hall–Kier alpha value is -3.17. The summed E-state index contributed by atoms with van der Waals surface area (Å²) in [7, 11) is 1.37. The molecule has 0 aromatic heterocycles. The molecule has 4 amide bonds. The molecular formula is C18H22N4O6. The van der Waals surface area contributed by atoms with E-state index in [-0.39, 0.29) is 23.0 Å². The van der Waals surface area contributed by atoms with Crippen molar-refractivity contribution in [1.82, 2.24) is 10.2 Å². The van der Waals surface area contributed by atoms with Crippen LogP contribution in [0, 0.1) is 16.0 Å². The molecule has 1 spiro atoms. The average Bonchev–Trinajstić information content (AvgIpc) is 2.89. The molecule has 3 rings (SSSR count). The Balaban J connectivity index is 1.74. The topological polar surface area (TPSA) is 131 Å². The third-order valence-corrected chi connectivity index (χ3v) is 5.48. The molecule has 10 nitrogen and oxygen atoms in total. The van der Waals surface area contributed by atoms with Gasteiger partial charge in [-0.05, 0) is 30.9 Å². The number of carbonyl (C=O) groups excluding carboxylic acids is 3. The van der Waals surface area contributed by atoms with Crippen LogP contribution in [0.1, 0.15) is 32.6 Å². The van der Waals surface area contributed by atoms with E-state index in [2.05, 4.69) is 10.6 Å². The predicted octanol–water partition coefficient (Wildman–Crippen LogP) is 2.04. The molecule has 150 valence electrons. The summed E-state index contributed by atoms with van der Waals surface area (Å²) in [6, 6.07) is 3.38. The smallest absolute Gasteiger partial charge is 0.325 e. The largest absolute Gasteiger partial charge is 0.496 e. The summed E-state index contributed by atoms with van der Waals surface area (Å²) >= 11 is 0. The van der Waals surface area contributed by atoms with Gasteiger partial charge in [-0.15, -0.1) is 0 Å². The number of amides is 4. The van der Waals surface area contributed by atoms with Crippen LogP contribution in [0.3, 0.4) is 0 Å². The lowest BCUT2D eigenvalue weighted by atomic mass is 9.73. The van der Waals surface area contributed by atoms with Gasteiger partial charge in [0.15, 0.2) is 0 Å². The number of imide groups is 1. The second kappa shape index (κ2) is 7.45. The highest BCUT2D eigenvalue weighted by Crippen LogP contribution is 2.38. The Labute approximate surface area is 161 Å². The fraction of sp³-hybridized carbons (Fsp3) is 0.500. The molecule has 1 heterocycles. The van der Waals surface area contributed by atoms with Gasteiger partial charge in [0.2, 0.25) is 5.91 Å². The predicted molar refractivity (Wildman–Crippen MR) is 98.9 cm³/mol. The summed E-state index contributed by atoms with van der Waals surface area (Å²) in [4.78, 5) is 49.1. The lowest BCUT2D eigenvalue weighted by Crippen LogP contribution is -2.54. The molecule has 2 fully saturated rings. The summed E-state index contributed by atoms with van der Waals surface area (Å²) in [5.41, 5.74) is -1.34. The third kappa shape index (κ3) is 3.37. The number of anilines is 1. The first-order valence-electron chi connectivity index (χ1n) is 9.05. The Bertz CT molecular complexity index is 841. The monoisotopic (exact) mass is 390 g/mol. The zero-order valence-corrected chi connectivity index (χ0v) is 15.7. The molecule has 1 aromatic carbocycles. The molecule has 2 atom stereocenters. The number of hydrogen-bond acceptors (Lipinski definition) is 6. The van der Waals surface area contributed by atoms with E-state index in [1.807, 2.05) is 6.92 Å². The molecule has 28 heavy (non-hydrogen) atoms. The number of hydrogen-bond donors (Lipinski definition) is 2. The zero-order chi connectivity index (χ0) is 20.5. The molecule has 1 aliphatic heterocycles. The van der Waals surface area contributed by atoms with Crippen molar-refractivity contribution in [2.24, 2.45) is 5.92 Å². The SMILES string of the molecule is COc1ccc(NC(=O)CN2C(=O)NC3(CCCCC3C)C2=O)c([N+](=O)[O-])c1. The van der Waals surface area contributed by atoms with Gasteiger partial charge in [-0.2, -0.15) is 0 Å². The highest BCUT2D eigenvalue weighted by Gasteiger charge is 2.55. The van der Waals surface area contributed by atoms with E-state index < -0.39 is 34.9 Å². The van der Waals surface area contributed by atoms with Crippen molar-refractivity contribution in [3.8, 4) is 5.75 Å². The van der Waals surface area contributed by atoms with Crippen molar-refractivity contribution >= 4 is 29.2 Å². The minimum Gasteiger partial charge on any atom is -0.496 e. The van der Waals surface area contributed by atoms with Gasteiger partial charge < -0.3 is 15.4 Å². The molecule has 1 saturated carbocycles. The number of urea groups is 1. The summed E-state index contributed by atoms with van der Waals surface area (Å²) < 4.78 is 4.95. The van der Waals surface area contributed by atoms with Gasteiger partial charge in [0, 0.05) is 0 Å². The summed E-state index contributed by atoms with van der Waals surface area (Å²) in [6.45, 7) is 1.41. The Morgan fingerprint density at radius 2 is 2.18 bits per heavy atom. The normalized spacial score (nSPS) is 24.2. The van der Waals surface area contributed by atoms with Crippen LogP contribution in [-0.4, -0.2) is 46.9 Å². The average molecular weight is 390 g/mol. The van der Waals surface area contributed by atoms with E-state index in [1.54, 1.807) is 0 Å². The van der Waals surface area contributed by atoms with Crippen LogP contribution in [0.2, 0.25) is 0 Å². The van der Waals surface area contributed by atoms with Gasteiger partial charge in [0.25, 0.3) is 11.6 Å². The first kappa shape index (κ1) is 19.6. The van der Waals surface area contributed by atoms with Gasteiger partial charge in [0.05, 0.1) is 18.1 Å². The summed E-state index contributed by atoms with van der Waals surface area (Å²) in [5, 5.41) is 16.4. The maximum absolute atomic E-state index is 12.9. The fourth-order valence-electron chi connectivity index (χ4n) is 3.87. The van der Waals surface area contributed by atoms with Crippen LogP contribution in [0.15, 0.2) is 18.2 Å². The van der Waals surface area contributed by atoms with Gasteiger partial charge in [-0.1, -0.05) is 19.8 Å². The van der Waals surface area contributed by atoms with Crippen molar-refractivity contribution in [2.45, 2.75) is 38.1 Å². The molecule has 0 bridgehead atoms. The molecule has 2 N–H and O–H groups in total. The number of nitro groups is 1. The van der Waals surface area contributed by atoms with Crippen molar-refractivity contribution in [3.63, 3.8) is 0 Å². The highest BCUT2D eigenvalue weighted by atomic mass is 16.6. The van der Waals surface area contributed by atoms with E-state index >= 15 is 0 Å². The van der Waals surface area contributed by atoms with Crippen molar-refractivity contribution < 1.29 is 24.0 Å². The van der Waals surface area contributed by atoms with Crippen LogP contribution in [-0.2, 0) is 9.59 Å². The summed E-state index contributed by atoms with van der Waals surface area (Å²) in [5.74, 6) is -0.859. The van der Waals surface area contributed by atoms with Crippen LogP contribution >= 0.6 is 0 Å². The molecule has 1 aromatic rings. The van der Waals surface area contributed by atoms with Crippen LogP contribution < -0.4 is 15.4 Å². The highest BCUT2D eigenvalue weighted by molar-refractivity contribution is 6.10. The van der Waals surface area contributed by atoms with Crippen molar-refractivity contribution in [3.05, 3.63) is 28.3 Å². The molecule has 1 aliphatic carbocycles. The zero-order valence-electron chi connectivity index (χ0n) is 15.7. The van der Waals surface area contributed by atoms with E-state index in [1.165, 1.54) is 25.3 Å². The van der Waals surface area contributed by atoms with E-state index in [0.29, 0.717) is 6.42 Å². The van der Waals surface area contributed by atoms with Gasteiger partial charge in [0.1, 0.15) is 23.5 Å². The fourth-order valence-corrected chi connectivity index (χ4v) is 3.87. The molecular weight excluding hydrogens is 368 g/mol. The first-order chi connectivity index (χ1) is 13.3. The number of nitrogens with one attached hydrogen (secondary N) is 2. The number of carbonyl (C=O) groups is 3. The van der Waals surface area contributed by atoms with Crippen molar-refractivity contribution in [1.29, 1.82) is 0 Å². The Morgan fingerprint density at radius 3 is 2.82 bits per heavy atom. The molecule has 0 radical (unpaired) electrons. The number of rotatable bonds is 5. The lowest BCUT2D eigenvalue weighted by Gasteiger charge is -2.36. The Morgan fingerprint density at radius 1 is 1.43 bits per heavy atom. The second-order valence-corrected chi connectivity index (χ2v) is 7.13. The molecule has 2 unspecified atom stereocenters.